The molecule has 1 aliphatic carbocycles. The van der Waals surface area contributed by atoms with E-state index in [1.54, 1.807) is 11.8 Å². The van der Waals surface area contributed by atoms with Crippen molar-refractivity contribution in [3.05, 3.63) is 29.8 Å². The molecule has 1 heterocycles. The Morgan fingerprint density at radius 2 is 1.82 bits per heavy atom. The Morgan fingerprint density at radius 3 is 2.43 bits per heavy atom. The lowest BCUT2D eigenvalue weighted by atomic mass is 10.2. The molecule has 3 unspecified atom stereocenters. The van der Waals surface area contributed by atoms with Crippen LogP contribution in [0.1, 0.15) is 25.3 Å². The van der Waals surface area contributed by atoms with Crippen LogP contribution in [0.15, 0.2) is 24.3 Å². The van der Waals surface area contributed by atoms with Crippen LogP contribution in [-0.4, -0.2) is 42.4 Å². The van der Waals surface area contributed by atoms with Gasteiger partial charge in [0, 0.05) is 18.8 Å². The number of hydrogen-bond donors (Lipinski definition) is 1. The van der Waals surface area contributed by atoms with Crippen LogP contribution < -0.4 is 5.32 Å². The van der Waals surface area contributed by atoms with Gasteiger partial charge in [0.05, 0.1) is 29.9 Å². The van der Waals surface area contributed by atoms with Gasteiger partial charge in [-0.15, -0.1) is 0 Å². The van der Waals surface area contributed by atoms with E-state index in [0.29, 0.717) is 13.1 Å². The number of alkyl halides is 3. The molecule has 0 radical (unpaired) electrons. The molecule has 2 aliphatic rings. The van der Waals surface area contributed by atoms with Gasteiger partial charge in [0.2, 0.25) is 11.8 Å². The van der Waals surface area contributed by atoms with Crippen LogP contribution in [0.2, 0.25) is 0 Å². The standard InChI is InChI=1S/C19H21F3N2O4/c1-2-28-18(27)15-13(14(15)17(26)24-8-3-4-9-24)16(25)23-12-7-5-6-11(10-12)19(20,21)22/h5-7,10,13-15H,2-4,8-9H2,1H3,(H,23,25). The van der Waals surface area contributed by atoms with E-state index in [2.05, 4.69) is 5.32 Å². The second-order valence-electron chi connectivity index (χ2n) is 6.93. The van der Waals surface area contributed by atoms with Crippen molar-refractivity contribution in [1.82, 2.24) is 4.90 Å². The first-order valence-corrected chi connectivity index (χ1v) is 9.17. The first-order chi connectivity index (χ1) is 13.2. The molecule has 1 aliphatic heterocycles. The molecule has 1 saturated carbocycles. The number of nitrogens with zero attached hydrogens (tertiary/aromatic N) is 1. The SMILES string of the molecule is CCOC(=O)C1C(C(=O)Nc2cccc(C(F)(F)F)c2)C1C(=O)N1CCCC1. The Kier molecular flexibility index (Phi) is 5.62. The average Bonchev–Trinajstić information content (AvgIpc) is 3.15. The van der Waals surface area contributed by atoms with Crippen molar-refractivity contribution >= 4 is 23.5 Å². The zero-order valence-electron chi connectivity index (χ0n) is 15.3. The molecular weight excluding hydrogens is 377 g/mol. The summed E-state index contributed by atoms with van der Waals surface area (Å²) in [5, 5.41) is 2.40. The smallest absolute Gasteiger partial charge is 0.416 e. The number of amides is 2. The van der Waals surface area contributed by atoms with Crippen LogP contribution in [0, 0.1) is 17.8 Å². The molecule has 28 heavy (non-hydrogen) atoms. The Labute approximate surface area is 160 Å². The summed E-state index contributed by atoms with van der Waals surface area (Å²) in [6.45, 7) is 2.89. The molecule has 9 heteroatoms. The molecule has 1 saturated heterocycles. The third-order valence-electron chi connectivity index (χ3n) is 5.04. The highest BCUT2D eigenvalue weighted by Gasteiger charge is 2.64. The van der Waals surface area contributed by atoms with Crippen LogP contribution in [0.25, 0.3) is 0 Å². The van der Waals surface area contributed by atoms with Gasteiger partial charge in [-0.1, -0.05) is 6.07 Å². The van der Waals surface area contributed by atoms with Crippen molar-refractivity contribution in [2.75, 3.05) is 25.0 Å². The topological polar surface area (TPSA) is 75.7 Å². The summed E-state index contributed by atoms with van der Waals surface area (Å²) >= 11 is 0. The minimum absolute atomic E-state index is 0.0401. The predicted molar refractivity (Wildman–Crippen MR) is 93.0 cm³/mol. The van der Waals surface area contributed by atoms with Crippen molar-refractivity contribution in [2.24, 2.45) is 17.8 Å². The lowest BCUT2D eigenvalue weighted by molar-refractivity contribution is -0.147. The van der Waals surface area contributed by atoms with Gasteiger partial charge in [0.25, 0.3) is 0 Å². The maximum Gasteiger partial charge on any atom is 0.416 e. The Morgan fingerprint density at radius 1 is 1.14 bits per heavy atom. The number of carbonyl (C=O) groups excluding carboxylic acids is 3. The fourth-order valence-corrected chi connectivity index (χ4v) is 3.62. The average molecular weight is 398 g/mol. The minimum Gasteiger partial charge on any atom is -0.466 e. The van der Waals surface area contributed by atoms with E-state index in [9.17, 15) is 27.6 Å². The van der Waals surface area contributed by atoms with E-state index in [-0.39, 0.29) is 18.2 Å². The van der Waals surface area contributed by atoms with E-state index in [4.69, 9.17) is 4.74 Å². The molecule has 1 aromatic rings. The second-order valence-corrected chi connectivity index (χ2v) is 6.93. The summed E-state index contributed by atoms with van der Waals surface area (Å²) in [5.41, 5.74) is -0.936. The highest BCUT2D eigenvalue weighted by Crippen LogP contribution is 2.49. The maximum absolute atomic E-state index is 12.8. The second kappa shape index (κ2) is 7.81. The van der Waals surface area contributed by atoms with E-state index in [1.165, 1.54) is 12.1 Å². The van der Waals surface area contributed by atoms with Gasteiger partial charge >= 0.3 is 12.1 Å². The lowest BCUT2D eigenvalue weighted by Gasteiger charge is -2.15. The Bertz CT molecular complexity index is 775. The molecule has 0 aromatic heterocycles. The number of esters is 1. The van der Waals surface area contributed by atoms with Gasteiger partial charge in [-0.3, -0.25) is 14.4 Å². The van der Waals surface area contributed by atoms with E-state index >= 15 is 0 Å². The zero-order valence-corrected chi connectivity index (χ0v) is 15.3. The van der Waals surface area contributed by atoms with Gasteiger partial charge in [0.1, 0.15) is 0 Å². The third kappa shape index (κ3) is 4.13. The summed E-state index contributed by atoms with van der Waals surface area (Å²) in [6.07, 6.45) is -2.81. The summed E-state index contributed by atoms with van der Waals surface area (Å²) in [4.78, 5) is 39.1. The predicted octanol–water partition coefficient (Wildman–Crippen LogP) is 2.69. The normalized spacial score (nSPS) is 24.0. The molecule has 3 rings (SSSR count). The molecule has 152 valence electrons. The minimum atomic E-state index is -4.54. The highest BCUT2D eigenvalue weighted by atomic mass is 19.4. The van der Waals surface area contributed by atoms with Crippen LogP contribution >= 0.6 is 0 Å². The zero-order chi connectivity index (χ0) is 20.5. The van der Waals surface area contributed by atoms with Crippen molar-refractivity contribution in [2.45, 2.75) is 25.9 Å². The highest BCUT2D eigenvalue weighted by molar-refractivity contribution is 6.05. The summed E-state index contributed by atoms with van der Waals surface area (Å²) in [6, 6.07) is 4.22. The van der Waals surface area contributed by atoms with E-state index < -0.39 is 41.4 Å². The maximum atomic E-state index is 12.8. The number of benzene rings is 1. The number of ether oxygens (including phenoxy) is 1. The molecule has 6 nitrogen and oxygen atoms in total. The quantitative estimate of drug-likeness (QED) is 0.774. The van der Waals surface area contributed by atoms with Gasteiger partial charge in [0.15, 0.2) is 0 Å². The van der Waals surface area contributed by atoms with Gasteiger partial charge in [-0.25, -0.2) is 0 Å². The fraction of sp³-hybridized carbons (Fsp3) is 0.526. The number of rotatable bonds is 5. The van der Waals surface area contributed by atoms with Gasteiger partial charge in [-0.05, 0) is 38.0 Å². The Hall–Kier alpha value is -2.58. The number of nitrogens with one attached hydrogen (secondary N) is 1. The number of carbonyl (C=O) groups is 3. The molecular formula is C19H21F3N2O4. The first-order valence-electron chi connectivity index (χ1n) is 9.17. The summed E-state index contributed by atoms with van der Waals surface area (Å²) < 4.78 is 43.5. The molecule has 1 aromatic carbocycles. The lowest BCUT2D eigenvalue weighted by Crippen LogP contribution is -2.31. The number of halogens is 3. The summed E-state index contributed by atoms with van der Waals surface area (Å²) in [5.74, 6) is -4.25. The van der Waals surface area contributed by atoms with E-state index in [1.807, 2.05) is 0 Å². The summed E-state index contributed by atoms with van der Waals surface area (Å²) in [7, 11) is 0. The van der Waals surface area contributed by atoms with Crippen molar-refractivity contribution < 1.29 is 32.3 Å². The van der Waals surface area contributed by atoms with Gasteiger partial charge in [-0.2, -0.15) is 13.2 Å². The molecule has 3 atom stereocenters. The number of likely N-dealkylation sites (tertiary alicyclic amines) is 1. The van der Waals surface area contributed by atoms with E-state index in [0.717, 1.165) is 25.0 Å². The van der Waals surface area contributed by atoms with Crippen molar-refractivity contribution in [3.8, 4) is 0 Å². The molecule has 2 amide bonds. The molecule has 0 bridgehead atoms. The molecule has 2 fully saturated rings. The Balaban J connectivity index is 1.74. The number of anilines is 1. The molecule has 0 spiro atoms. The van der Waals surface area contributed by atoms with Crippen LogP contribution in [0.5, 0.6) is 0 Å². The van der Waals surface area contributed by atoms with Crippen LogP contribution in [-0.2, 0) is 25.3 Å². The third-order valence-corrected chi connectivity index (χ3v) is 5.04. The molecule has 1 N–H and O–H groups in total. The first kappa shape index (κ1) is 20.2. The van der Waals surface area contributed by atoms with Gasteiger partial charge < -0.3 is 15.0 Å². The largest absolute Gasteiger partial charge is 0.466 e. The number of hydrogen-bond acceptors (Lipinski definition) is 4. The van der Waals surface area contributed by atoms with Crippen molar-refractivity contribution in [1.29, 1.82) is 0 Å². The van der Waals surface area contributed by atoms with Crippen LogP contribution in [0.3, 0.4) is 0 Å². The monoisotopic (exact) mass is 398 g/mol. The fourth-order valence-electron chi connectivity index (χ4n) is 3.62. The van der Waals surface area contributed by atoms with Crippen LogP contribution in [0.4, 0.5) is 18.9 Å². The van der Waals surface area contributed by atoms with Crippen molar-refractivity contribution in [3.63, 3.8) is 0 Å².